The summed E-state index contributed by atoms with van der Waals surface area (Å²) in [5.41, 5.74) is 2.72. The van der Waals surface area contributed by atoms with Gasteiger partial charge in [-0.05, 0) is 48.2 Å². The highest BCUT2D eigenvalue weighted by atomic mass is 32.1. The van der Waals surface area contributed by atoms with Crippen LogP contribution in [0.2, 0.25) is 0 Å². The van der Waals surface area contributed by atoms with Crippen molar-refractivity contribution in [3.05, 3.63) is 48.0 Å². The number of carbonyl (C=O) groups excluding carboxylic acids is 2. The molecule has 2 aromatic carbocycles. The predicted molar refractivity (Wildman–Crippen MR) is 113 cm³/mol. The molecule has 0 aliphatic heterocycles. The van der Waals surface area contributed by atoms with Crippen LogP contribution in [-0.2, 0) is 9.59 Å². The number of aromatic nitrogens is 1. The van der Waals surface area contributed by atoms with Gasteiger partial charge in [0.25, 0.3) is 5.91 Å². The van der Waals surface area contributed by atoms with Gasteiger partial charge in [0.2, 0.25) is 5.91 Å². The van der Waals surface area contributed by atoms with E-state index in [0.29, 0.717) is 22.5 Å². The smallest absolute Gasteiger partial charge is 0.264 e. The summed E-state index contributed by atoms with van der Waals surface area (Å²) in [5.74, 6) is 0.757. The van der Waals surface area contributed by atoms with Crippen LogP contribution in [-0.4, -0.2) is 23.4 Å². The number of anilines is 2. The maximum Gasteiger partial charge on any atom is 0.264 e. The first-order valence-corrected chi connectivity index (χ1v) is 9.97. The van der Waals surface area contributed by atoms with E-state index in [1.54, 1.807) is 6.07 Å². The second-order valence-electron chi connectivity index (χ2n) is 6.60. The van der Waals surface area contributed by atoms with Crippen molar-refractivity contribution in [3.63, 3.8) is 0 Å². The van der Waals surface area contributed by atoms with E-state index in [4.69, 9.17) is 4.74 Å². The number of fused-ring (bicyclic) bond motifs is 1. The molecular formula is C21H23N3O3S. The fraction of sp³-hybridized carbons (Fsp3) is 0.286. The fourth-order valence-corrected chi connectivity index (χ4v) is 3.61. The van der Waals surface area contributed by atoms with Crippen molar-refractivity contribution in [2.24, 2.45) is 0 Å². The highest BCUT2D eigenvalue weighted by Gasteiger charge is 2.10. The number of nitrogens with zero attached hydrogens (tertiary/aromatic N) is 1. The van der Waals surface area contributed by atoms with Crippen molar-refractivity contribution in [1.82, 2.24) is 4.98 Å². The Labute approximate surface area is 167 Å². The molecule has 7 heteroatoms. The van der Waals surface area contributed by atoms with Crippen LogP contribution in [0.25, 0.3) is 10.2 Å². The lowest BCUT2D eigenvalue weighted by Crippen LogP contribution is -2.20. The number of hydrogen-bond acceptors (Lipinski definition) is 5. The number of amides is 2. The Bertz CT molecular complexity index is 982. The predicted octanol–water partition coefficient (Wildman–Crippen LogP) is 4.79. The van der Waals surface area contributed by atoms with Gasteiger partial charge in [0, 0.05) is 12.6 Å². The number of hydrogen-bond donors (Lipinski definition) is 2. The molecule has 0 saturated heterocycles. The summed E-state index contributed by atoms with van der Waals surface area (Å²) in [5, 5.41) is 5.99. The zero-order valence-electron chi connectivity index (χ0n) is 16.1. The molecule has 1 atom stereocenters. The number of rotatable bonds is 7. The third-order valence-corrected chi connectivity index (χ3v) is 5.32. The molecule has 0 saturated carbocycles. The van der Waals surface area contributed by atoms with Crippen LogP contribution in [0.15, 0.2) is 42.5 Å². The monoisotopic (exact) mass is 397 g/mol. The van der Waals surface area contributed by atoms with Gasteiger partial charge in [-0.1, -0.05) is 37.3 Å². The van der Waals surface area contributed by atoms with E-state index >= 15 is 0 Å². The number of carbonyl (C=O) groups is 2. The van der Waals surface area contributed by atoms with Crippen LogP contribution in [0.4, 0.5) is 10.8 Å². The molecule has 28 heavy (non-hydrogen) atoms. The van der Waals surface area contributed by atoms with E-state index in [-0.39, 0.29) is 18.4 Å². The Morgan fingerprint density at radius 1 is 1.14 bits per heavy atom. The van der Waals surface area contributed by atoms with Crippen LogP contribution >= 0.6 is 11.3 Å². The zero-order chi connectivity index (χ0) is 20.1. The maximum atomic E-state index is 12.2. The molecule has 3 aromatic rings. The third-order valence-electron chi connectivity index (χ3n) is 4.39. The Hall–Kier alpha value is -2.93. The number of thiazole rings is 1. The summed E-state index contributed by atoms with van der Waals surface area (Å²) in [6.07, 6.45) is 1.08. The standard InChI is InChI=1S/C21H23N3O3S/c1-4-13(2)15-5-8-17(9-6-15)27-12-20(26)24-21-23-18-10-7-16(22-14(3)25)11-19(18)28-21/h5-11,13H,4,12H2,1-3H3,(H,22,25)(H,23,24,26)/t13-/m1/s1. The molecule has 2 amide bonds. The first-order valence-electron chi connectivity index (χ1n) is 9.15. The van der Waals surface area contributed by atoms with E-state index < -0.39 is 0 Å². The summed E-state index contributed by atoms with van der Waals surface area (Å²) in [6.45, 7) is 5.71. The first kappa shape index (κ1) is 19.8. The van der Waals surface area contributed by atoms with E-state index in [9.17, 15) is 9.59 Å². The Morgan fingerprint density at radius 3 is 2.57 bits per heavy atom. The van der Waals surface area contributed by atoms with E-state index in [2.05, 4.69) is 29.5 Å². The normalized spacial score (nSPS) is 11.8. The molecule has 0 fully saturated rings. The molecule has 3 rings (SSSR count). The SMILES string of the molecule is CC[C@@H](C)c1ccc(OCC(=O)Nc2nc3ccc(NC(C)=O)cc3s2)cc1. The van der Waals surface area contributed by atoms with Gasteiger partial charge < -0.3 is 10.1 Å². The molecule has 1 aromatic heterocycles. The Balaban J connectivity index is 1.57. The van der Waals surface area contributed by atoms with Crippen LogP contribution in [0.3, 0.4) is 0 Å². The minimum Gasteiger partial charge on any atom is -0.484 e. The molecule has 2 N–H and O–H groups in total. The fourth-order valence-electron chi connectivity index (χ4n) is 2.69. The second kappa shape index (κ2) is 8.84. The quantitative estimate of drug-likeness (QED) is 0.601. The highest BCUT2D eigenvalue weighted by Crippen LogP contribution is 2.28. The molecule has 6 nitrogen and oxygen atoms in total. The summed E-state index contributed by atoms with van der Waals surface area (Å²) >= 11 is 1.35. The van der Waals surface area contributed by atoms with Crippen molar-refractivity contribution < 1.29 is 14.3 Å². The lowest BCUT2D eigenvalue weighted by atomic mass is 9.99. The summed E-state index contributed by atoms with van der Waals surface area (Å²) < 4.78 is 6.44. The third kappa shape index (κ3) is 5.07. The van der Waals surface area contributed by atoms with Crippen molar-refractivity contribution in [3.8, 4) is 5.75 Å². The molecule has 0 spiro atoms. The average Bonchev–Trinajstić information content (AvgIpc) is 3.07. The maximum absolute atomic E-state index is 12.2. The average molecular weight is 398 g/mol. The summed E-state index contributed by atoms with van der Waals surface area (Å²) in [6, 6.07) is 13.2. The van der Waals surface area contributed by atoms with Crippen molar-refractivity contribution in [2.45, 2.75) is 33.1 Å². The summed E-state index contributed by atoms with van der Waals surface area (Å²) in [7, 11) is 0. The zero-order valence-corrected chi connectivity index (χ0v) is 16.9. The van der Waals surface area contributed by atoms with Gasteiger partial charge >= 0.3 is 0 Å². The first-order chi connectivity index (χ1) is 13.4. The Kier molecular flexibility index (Phi) is 6.26. The van der Waals surface area contributed by atoms with Crippen LogP contribution in [0, 0.1) is 0 Å². The minimum absolute atomic E-state index is 0.0876. The van der Waals surface area contributed by atoms with E-state index in [1.807, 2.05) is 36.4 Å². The van der Waals surface area contributed by atoms with Gasteiger partial charge in [-0.2, -0.15) is 0 Å². The van der Waals surface area contributed by atoms with E-state index in [0.717, 1.165) is 16.6 Å². The molecule has 0 aliphatic rings. The molecule has 146 valence electrons. The highest BCUT2D eigenvalue weighted by molar-refractivity contribution is 7.22. The lowest BCUT2D eigenvalue weighted by molar-refractivity contribution is -0.118. The van der Waals surface area contributed by atoms with Crippen molar-refractivity contribution >= 4 is 44.2 Å². The molecule has 0 aliphatic carbocycles. The second-order valence-corrected chi connectivity index (χ2v) is 7.63. The largest absolute Gasteiger partial charge is 0.484 e. The molecule has 1 heterocycles. The topological polar surface area (TPSA) is 80.3 Å². The minimum atomic E-state index is -0.271. The molecule has 0 radical (unpaired) electrons. The van der Waals surface area contributed by atoms with Crippen LogP contribution in [0.5, 0.6) is 5.75 Å². The number of benzene rings is 2. The lowest BCUT2D eigenvalue weighted by Gasteiger charge is -2.10. The molecule has 0 bridgehead atoms. The van der Waals surface area contributed by atoms with Crippen LogP contribution in [0.1, 0.15) is 38.7 Å². The molecule has 0 unspecified atom stereocenters. The van der Waals surface area contributed by atoms with Gasteiger partial charge in [-0.3, -0.25) is 14.9 Å². The van der Waals surface area contributed by atoms with Gasteiger partial charge in [0.05, 0.1) is 10.2 Å². The van der Waals surface area contributed by atoms with Crippen molar-refractivity contribution in [1.29, 1.82) is 0 Å². The number of ether oxygens (including phenoxy) is 1. The van der Waals surface area contributed by atoms with Gasteiger partial charge in [-0.25, -0.2) is 4.98 Å². The van der Waals surface area contributed by atoms with Gasteiger partial charge in [0.1, 0.15) is 5.75 Å². The van der Waals surface area contributed by atoms with Crippen molar-refractivity contribution in [2.75, 3.05) is 17.2 Å². The van der Waals surface area contributed by atoms with Gasteiger partial charge in [0.15, 0.2) is 11.7 Å². The van der Waals surface area contributed by atoms with E-state index in [1.165, 1.54) is 23.8 Å². The molecular weight excluding hydrogens is 374 g/mol. The van der Waals surface area contributed by atoms with Gasteiger partial charge in [-0.15, -0.1) is 0 Å². The Morgan fingerprint density at radius 2 is 1.89 bits per heavy atom. The summed E-state index contributed by atoms with van der Waals surface area (Å²) in [4.78, 5) is 27.7. The number of nitrogens with one attached hydrogen (secondary N) is 2. The van der Waals surface area contributed by atoms with Crippen LogP contribution < -0.4 is 15.4 Å².